The second-order valence-corrected chi connectivity index (χ2v) is 6.99. The maximum Gasteiger partial charge on any atom is 0.457 e. The second kappa shape index (κ2) is 8.08. The standard InChI is InChI=1S/C20H12F13/c1-3-10-6-9(2)7-13(16(22,19(28,29)30)18(26,27)20(31,32)33)15(10)12-8-11(17(23,24)25)4-5-14(12)21/h4-5,7-8H,3H2,1-2H3. The average Bonchev–Trinajstić information content (AvgIpc) is 2.64. The van der Waals surface area contributed by atoms with Crippen molar-refractivity contribution in [2.45, 2.75) is 50.4 Å². The van der Waals surface area contributed by atoms with Crippen LogP contribution >= 0.6 is 0 Å². The highest BCUT2D eigenvalue weighted by molar-refractivity contribution is 5.74. The maximum absolute atomic E-state index is 15.3. The van der Waals surface area contributed by atoms with Crippen molar-refractivity contribution in [2.24, 2.45) is 0 Å². The van der Waals surface area contributed by atoms with E-state index in [-0.39, 0.29) is 24.3 Å². The molecule has 2 rings (SSSR count). The Labute approximate surface area is 178 Å². The van der Waals surface area contributed by atoms with Gasteiger partial charge in [-0.2, -0.15) is 48.3 Å². The van der Waals surface area contributed by atoms with Crippen molar-refractivity contribution < 1.29 is 57.1 Å². The maximum atomic E-state index is 15.3. The molecule has 13 heteroatoms. The zero-order valence-electron chi connectivity index (χ0n) is 16.4. The van der Waals surface area contributed by atoms with Crippen LogP contribution in [0.5, 0.6) is 0 Å². The van der Waals surface area contributed by atoms with Crippen LogP contribution in [0.25, 0.3) is 11.1 Å². The molecule has 0 aromatic heterocycles. The predicted octanol–water partition coefficient (Wildman–Crippen LogP) is 8.11. The molecule has 0 aliphatic carbocycles. The molecule has 0 aliphatic rings. The number of hydrogen-bond acceptors (Lipinski definition) is 0. The number of halogens is 13. The summed E-state index contributed by atoms with van der Waals surface area (Å²) in [7, 11) is 0. The first kappa shape index (κ1) is 26.8. The summed E-state index contributed by atoms with van der Waals surface area (Å²) in [6.45, 7) is 2.01. The van der Waals surface area contributed by atoms with E-state index in [0.29, 0.717) is 0 Å². The molecule has 0 saturated carbocycles. The Kier molecular flexibility index (Phi) is 6.56. The fraction of sp³-hybridized carbons (Fsp3) is 0.400. The van der Waals surface area contributed by atoms with Gasteiger partial charge >= 0.3 is 30.1 Å². The Hall–Kier alpha value is -2.47. The second-order valence-electron chi connectivity index (χ2n) is 6.99. The van der Waals surface area contributed by atoms with Crippen LogP contribution < -0.4 is 0 Å². The Morgan fingerprint density at radius 3 is 1.76 bits per heavy atom. The first-order valence-electron chi connectivity index (χ1n) is 8.83. The van der Waals surface area contributed by atoms with Crippen molar-refractivity contribution in [2.75, 3.05) is 0 Å². The SMILES string of the molecule is CCc1[c]c(C)cc(C(F)(C(F)(F)F)C(F)(F)C(F)(F)F)c1-c1cc(C(F)(F)F)ccc1F. The van der Waals surface area contributed by atoms with Gasteiger partial charge in [0.15, 0.2) is 0 Å². The molecule has 0 nitrogen and oxygen atoms in total. The molecule has 0 bridgehead atoms. The molecule has 0 N–H and O–H groups in total. The zero-order chi connectivity index (χ0) is 25.8. The highest BCUT2D eigenvalue weighted by atomic mass is 19.4. The summed E-state index contributed by atoms with van der Waals surface area (Å²) in [6.07, 6.45) is -19.7. The van der Waals surface area contributed by atoms with E-state index in [1.54, 1.807) is 0 Å². The van der Waals surface area contributed by atoms with Crippen LogP contribution in [-0.4, -0.2) is 18.3 Å². The van der Waals surface area contributed by atoms with E-state index >= 15 is 4.39 Å². The number of hydrogen-bond donors (Lipinski definition) is 0. The number of benzene rings is 2. The average molecular weight is 499 g/mol. The summed E-state index contributed by atoms with van der Waals surface area (Å²) >= 11 is 0. The number of alkyl halides is 12. The Morgan fingerprint density at radius 2 is 1.33 bits per heavy atom. The van der Waals surface area contributed by atoms with E-state index in [1.807, 2.05) is 0 Å². The summed E-state index contributed by atoms with van der Waals surface area (Å²) < 4.78 is 177. The lowest BCUT2D eigenvalue weighted by Gasteiger charge is -2.38. The van der Waals surface area contributed by atoms with E-state index in [2.05, 4.69) is 6.07 Å². The van der Waals surface area contributed by atoms with E-state index < -0.39 is 75.7 Å². The molecule has 2 aromatic rings. The molecule has 0 fully saturated rings. The molecule has 0 aliphatic heterocycles. The third-order valence-corrected chi connectivity index (χ3v) is 4.75. The van der Waals surface area contributed by atoms with Gasteiger partial charge < -0.3 is 0 Å². The van der Waals surface area contributed by atoms with Gasteiger partial charge in [-0.05, 0) is 54.3 Å². The van der Waals surface area contributed by atoms with Crippen LogP contribution in [0.2, 0.25) is 0 Å². The zero-order valence-corrected chi connectivity index (χ0v) is 16.4. The minimum absolute atomic E-state index is 0.0681. The van der Waals surface area contributed by atoms with Gasteiger partial charge in [-0.1, -0.05) is 13.0 Å². The Bertz CT molecular complexity index is 1030. The number of rotatable bonds is 4. The minimum atomic E-state index is -7.09. The van der Waals surface area contributed by atoms with Gasteiger partial charge in [-0.15, -0.1) is 0 Å². The van der Waals surface area contributed by atoms with Crippen LogP contribution in [0.15, 0.2) is 24.3 Å². The third-order valence-electron chi connectivity index (χ3n) is 4.75. The topological polar surface area (TPSA) is 0 Å². The highest BCUT2D eigenvalue weighted by Crippen LogP contribution is 2.60. The van der Waals surface area contributed by atoms with Gasteiger partial charge in [0, 0.05) is 11.1 Å². The van der Waals surface area contributed by atoms with Crippen molar-refractivity contribution in [3.63, 3.8) is 0 Å². The van der Waals surface area contributed by atoms with Crippen molar-refractivity contribution in [3.8, 4) is 11.1 Å². The first-order chi connectivity index (χ1) is 14.7. The molecule has 0 amide bonds. The van der Waals surface area contributed by atoms with Crippen molar-refractivity contribution in [1.29, 1.82) is 0 Å². The molecule has 1 unspecified atom stereocenters. The van der Waals surface area contributed by atoms with Crippen LogP contribution in [0.4, 0.5) is 57.1 Å². The fourth-order valence-corrected chi connectivity index (χ4v) is 3.22. The summed E-state index contributed by atoms with van der Waals surface area (Å²) in [5.74, 6) is -8.81. The van der Waals surface area contributed by atoms with Crippen molar-refractivity contribution >= 4 is 0 Å². The van der Waals surface area contributed by atoms with Gasteiger partial charge in [0.25, 0.3) is 0 Å². The van der Waals surface area contributed by atoms with E-state index in [1.165, 1.54) is 0 Å². The normalized spacial score (nSPS) is 15.5. The molecular formula is C20H12F13. The minimum Gasteiger partial charge on any atom is -0.221 e. The number of aryl methyl sites for hydroxylation is 2. The lowest BCUT2D eigenvalue weighted by molar-refractivity contribution is -0.389. The van der Waals surface area contributed by atoms with Crippen LogP contribution in [0.3, 0.4) is 0 Å². The molecule has 1 radical (unpaired) electrons. The quantitative estimate of drug-likeness (QED) is 0.373. The van der Waals surface area contributed by atoms with Gasteiger partial charge in [-0.25, -0.2) is 8.78 Å². The monoisotopic (exact) mass is 499 g/mol. The van der Waals surface area contributed by atoms with Crippen molar-refractivity contribution in [3.05, 3.63) is 58.4 Å². The summed E-state index contributed by atoms with van der Waals surface area (Å²) in [5.41, 5.74) is -14.7. The van der Waals surface area contributed by atoms with Crippen LogP contribution in [-0.2, 0) is 18.3 Å². The van der Waals surface area contributed by atoms with Crippen LogP contribution in [0.1, 0.15) is 29.2 Å². The molecule has 33 heavy (non-hydrogen) atoms. The molecule has 0 spiro atoms. The summed E-state index contributed by atoms with van der Waals surface area (Å²) in [6, 6.07) is 2.38. The smallest absolute Gasteiger partial charge is 0.221 e. The summed E-state index contributed by atoms with van der Waals surface area (Å²) in [4.78, 5) is 0. The molecule has 2 aromatic carbocycles. The lowest BCUT2D eigenvalue weighted by Crippen LogP contribution is -2.60. The third kappa shape index (κ3) is 4.37. The predicted molar refractivity (Wildman–Crippen MR) is 89.6 cm³/mol. The van der Waals surface area contributed by atoms with Gasteiger partial charge in [-0.3, -0.25) is 0 Å². The van der Waals surface area contributed by atoms with E-state index in [4.69, 9.17) is 0 Å². The van der Waals surface area contributed by atoms with Crippen LogP contribution in [0, 0.1) is 18.8 Å². The molecule has 1 atom stereocenters. The van der Waals surface area contributed by atoms with E-state index in [9.17, 15) is 52.7 Å². The summed E-state index contributed by atoms with van der Waals surface area (Å²) in [5, 5.41) is 0. The molecule has 0 saturated heterocycles. The van der Waals surface area contributed by atoms with Gasteiger partial charge in [0.05, 0.1) is 5.56 Å². The largest absolute Gasteiger partial charge is 0.457 e. The lowest BCUT2D eigenvalue weighted by atomic mass is 9.79. The highest BCUT2D eigenvalue weighted by Gasteiger charge is 2.82. The van der Waals surface area contributed by atoms with E-state index in [0.717, 1.165) is 13.8 Å². The molecule has 0 heterocycles. The first-order valence-corrected chi connectivity index (χ1v) is 8.83. The van der Waals surface area contributed by atoms with Gasteiger partial charge in [0.2, 0.25) is 0 Å². The van der Waals surface area contributed by atoms with Gasteiger partial charge in [0.1, 0.15) is 5.82 Å². The van der Waals surface area contributed by atoms with Crippen molar-refractivity contribution in [1.82, 2.24) is 0 Å². The Balaban J connectivity index is 3.14. The fourth-order valence-electron chi connectivity index (χ4n) is 3.22. The Morgan fingerprint density at radius 1 is 0.788 bits per heavy atom. The molecular weight excluding hydrogens is 487 g/mol. The molecule has 183 valence electrons.